The lowest BCUT2D eigenvalue weighted by molar-refractivity contribution is 0.330. The van der Waals surface area contributed by atoms with E-state index in [1.165, 1.54) is 37.7 Å². The van der Waals surface area contributed by atoms with E-state index in [2.05, 4.69) is 30.2 Å². The van der Waals surface area contributed by atoms with Crippen LogP contribution in [-0.2, 0) is 0 Å². The van der Waals surface area contributed by atoms with Gasteiger partial charge in [0, 0.05) is 24.5 Å². The number of nitrogens with one attached hydrogen (secondary N) is 1. The third-order valence-corrected chi connectivity index (χ3v) is 4.01. The van der Waals surface area contributed by atoms with Crippen LogP contribution in [0.3, 0.4) is 0 Å². The normalized spacial score (nSPS) is 27.4. The van der Waals surface area contributed by atoms with Gasteiger partial charge >= 0.3 is 0 Å². The van der Waals surface area contributed by atoms with Gasteiger partial charge in [-0.3, -0.25) is 4.98 Å². The summed E-state index contributed by atoms with van der Waals surface area (Å²) in [6, 6.07) is 5.26. The maximum absolute atomic E-state index is 4.20. The van der Waals surface area contributed by atoms with Crippen LogP contribution in [0.5, 0.6) is 0 Å². The number of hydrogen-bond donors (Lipinski definition) is 1. The van der Waals surface area contributed by atoms with E-state index in [0.717, 1.165) is 5.92 Å². The Kier molecular flexibility index (Phi) is 4.55. The topological polar surface area (TPSA) is 24.9 Å². The molecule has 0 amide bonds. The fraction of sp³-hybridized carbons (Fsp3) is 0.667. The first-order valence-corrected chi connectivity index (χ1v) is 6.93. The van der Waals surface area contributed by atoms with Crippen LogP contribution in [0.2, 0.25) is 0 Å². The molecule has 94 valence electrons. The molecule has 2 heteroatoms. The zero-order valence-corrected chi connectivity index (χ0v) is 11.0. The molecule has 1 aliphatic carbocycles. The fourth-order valence-electron chi connectivity index (χ4n) is 2.79. The number of pyridine rings is 1. The molecule has 1 aromatic rings. The lowest BCUT2D eigenvalue weighted by Gasteiger charge is -2.27. The molecule has 1 aliphatic rings. The van der Waals surface area contributed by atoms with E-state index in [1.54, 1.807) is 0 Å². The van der Waals surface area contributed by atoms with Gasteiger partial charge in [0.25, 0.3) is 0 Å². The molecule has 0 radical (unpaired) electrons. The van der Waals surface area contributed by atoms with E-state index in [9.17, 15) is 0 Å². The SMILES string of the molecule is CC(NC1CCCCCC1C)c1cccnc1. The number of hydrogen-bond acceptors (Lipinski definition) is 2. The summed E-state index contributed by atoms with van der Waals surface area (Å²) in [5.74, 6) is 0.802. The van der Waals surface area contributed by atoms with Crippen LogP contribution >= 0.6 is 0 Å². The summed E-state index contributed by atoms with van der Waals surface area (Å²) in [7, 11) is 0. The van der Waals surface area contributed by atoms with E-state index in [4.69, 9.17) is 0 Å². The van der Waals surface area contributed by atoms with Crippen molar-refractivity contribution in [2.75, 3.05) is 0 Å². The summed E-state index contributed by atoms with van der Waals surface area (Å²) in [4.78, 5) is 4.20. The van der Waals surface area contributed by atoms with Crippen molar-refractivity contribution < 1.29 is 0 Å². The first-order chi connectivity index (χ1) is 8.27. The third-order valence-electron chi connectivity index (χ3n) is 4.01. The fourth-order valence-corrected chi connectivity index (χ4v) is 2.79. The third kappa shape index (κ3) is 3.53. The zero-order valence-electron chi connectivity index (χ0n) is 11.0. The van der Waals surface area contributed by atoms with Crippen molar-refractivity contribution in [2.45, 2.75) is 58.0 Å². The van der Waals surface area contributed by atoms with Crippen molar-refractivity contribution in [3.63, 3.8) is 0 Å². The highest BCUT2D eigenvalue weighted by Gasteiger charge is 2.21. The second-order valence-electron chi connectivity index (χ2n) is 5.40. The van der Waals surface area contributed by atoms with Crippen molar-refractivity contribution in [2.24, 2.45) is 5.92 Å². The van der Waals surface area contributed by atoms with Crippen molar-refractivity contribution in [1.29, 1.82) is 0 Å². The molecule has 0 saturated heterocycles. The van der Waals surface area contributed by atoms with Gasteiger partial charge in [0.2, 0.25) is 0 Å². The van der Waals surface area contributed by atoms with E-state index in [-0.39, 0.29) is 0 Å². The summed E-state index contributed by atoms with van der Waals surface area (Å²) in [5.41, 5.74) is 1.30. The van der Waals surface area contributed by atoms with Crippen molar-refractivity contribution in [3.05, 3.63) is 30.1 Å². The molecule has 1 saturated carbocycles. The number of nitrogens with zero attached hydrogens (tertiary/aromatic N) is 1. The van der Waals surface area contributed by atoms with Gasteiger partial charge in [0.1, 0.15) is 0 Å². The summed E-state index contributed by atoms with van der Waals surface area (Å²) in [6.07, 6.45) is 10.7. The number of rotatable bonds is 3. The maximum atomic E-state index is 4.20. The summed E-state index contributed by atoms with van der Waals surface area (Å²) < 4.78 is 0. The molecule has 1 fully saturated rings. The van der Waals surface area contributed by atoms with E-state index < -0.39 is 0 Å². The second kappa shape index (κ2) is 6.15. The average molecular weight is 232 g/mol. The molecule has 0 bridgehead atoms. The van der Waals surface area contributed by atoms with Crippen LogP contribution in [0, 0.1) is 5.92 Å². The molecule has 1 heterocycles. The van der Waals surface area contributed by atoms with Gasteiger partial charge in [-0.15, -0.1) is 0 Å². The molecule has 1 aromatic heterocycles. The molecule has 1 N–H and O–H groups in total. The lowest BCUT2D eigenvalue weighted by atomic mass is 9.95. The van der Waals surface area contributed by atoms with Gasteiger partial charge < -0.3 is 5.32 Å². The molecule has 0 spiro atoms. The van der Waals surface area contributed by atoms with Crippen LogP contribution in [0.4, 0.5) is 0 Å². The summed E-state index contributed by atoms with van der Waals surface area (Å²) >= 11 is 0. The van der Waals surface area contributed by atoms with Crippen LogP contribution in [-0.4, -0.2) is 11.0 Å². The van der Waals surface area contributed by atoms with Gasteiger partial charge in [-0.1, -0.05) is 32.3 Å². The van der Waals surface area contributed by atoms with Gasteiger partial charge in [0.05, 0.1) is 0 Å². The van der Waals surface area contributed by atoms with E-state index in [1.807, 2.05) is 18.5 Å². The van der Waals surface area contributed by atoms with Crippen molar-refractivity contribution in [1.82, 2.24) is 10.3 Å². The summed E-state index contributed by atoms with van der Waals surface area (Å²) in [5, 5.41) is 3.78. The smallest absolute Gasteiger partial charge is 0.0315 e. The predicted octanol–water partition coefficient (Wildman–Crippen LogP) is 3.70. The summed E-state index contributed by atoms with van der Waals surface area (Å²) in [6.45, 7) is 4.63. The first kappa shape index (κ1) is 12.6. The second-order valence-corrected chi connectivity index (χ2v) is 5.40. The Balaban J connectivity index is 1.95. The van der Waals surface area contributed by atoms with Crippen LogP contribution < -0.4 is 5.32 Å². The zero-order chi connectivity index (χ0) is 12.1. The van der Waals surface area contributed by atoms with Crippen molar-refractivity contribution >= 4 is 0 Å². The van der Waals surface area contributed by atoms with E-state index >= 15 is 0 Å². The molecule has 17 heavy (non-hydrogen) atoms. The Morgan fingerprint density at radius 3 is 2.88 bits per heavy atom. The molecular formula is C15H24N2. The molecule has 0 aliphatic heterocycles. The van der Waals surface area contributed by atoms with Gasteiger partial charge in [-0.25, -0.2) is 0 Å². The molecule has 2 rings (SSSR count). The average Bonchev–Trinajstić information content (AvgIpc) is 2.56. The Hall–Kier alpha value is -0.890. The highest BCUT2D eigenvalue weighted by molar-refractivity contribution is 5.13. The number of aromatic nitrogens is 1. The monoisotopic (exact) mass is 232 g/mol. The Labute approximate surface area is 105 Å². The first-order valence-electron chi connectivity index (χ1n) is 6.93. The van der Waals surface area contributed by atoms with Crippen LogP contribution in [0.1, 0.15) is 57.6 Å². The molecule has 3 unspecified atom stereocenters. The van der Waals surface area contributed by atoms with Crippen LogP contribution in [0.25, 0.3) is 0 Å². The quantitative estimate of drug-likeness (QED) is 0.804. The largest absolute Gasteiger partial charge is 0.307 e. The molecule has 3 atom stereocenters. The van der Waals surface area contributed by atoms with Crippen LogP contribution in [0.15, 0.2) is 24.5 Å². The minimum atomic E-state index is 0.411. The van der Waals surface area contributed by atoms with E-state index in [0.29, 0.717) is 12.1 Å². The Morgan fingerprint density at radius 2 is 2.12 bits per heavy atom. The van der Waals surface area contributed by atoms with Crippen molar-refractivity contribution in [3.8, 4) is 0 Å². The molecular weight excluding hydrogens is 208 g/mol. The standard InChI is InChI=1S/C15H24N2/c1-12-7-4-3-5-9-15(12)17-13(2)14-8-6-10-16-11-14/h6,8,10-13,15,17H,3-5,7,9H2,1-2H3. The highest BCUT2D eigenvalue weighted by atomic mass is 15.0. The molecule has 2 nitrogen and oxygen atoms in total. The van der Waals surface area contributed by atoms with Gasteiger partial charge in [-0.2, -0.15) is 0 Å². The minimum absolute atomic E-state index is 0.411. The highest BCUT2D eigenvalue weighted by Crippen LogP contribution is 2.25. The molecule has 0 aromatic carbocycles. The maximum Gasteiger partial charge on any atom is 0.0315 e. The van der Waals surface area contributed by atoms with Gasteiger partial charge in [0.15, 0.2) is 0 Å². The minimum Gasteiger partial charge on any atom is -0.307 e. The predicted molar refractivity (Wildman–Crippen MR) is 71.8 cm³/mol. The lowest BCUT2D eigenvalue weighted by Crippen LogP contribution is -2.36. The van der Waals surface area contributed by atoms with Gasteiger partial charge in [-0.05, 0) is 37.3 Å². The Morgan fingerprint density at radius 1 is 1.29 bits per heavy atom. The Bertz CT molecular complexity index is 323.